The zero-order valence-electron chi connectivity index (χ0n) is 18.4. The van der Waals surface area contributed by atoms with Crippen molar-refractivity contribution in [1.82, 2.24) is 9.80 Å². The highest BCUT2D eigenvalue weighted by molar-refractivity contribution is 5.96. The molecule has 1 unspecified atom stereocenters. The van der Waals surface area contributed by atoms with Gasteiger partial charge in [-0.3, -0.25) is 9.59 Å². The van der Waals surface area contributed by atoms with Crippen molar-refractivity contribution in [2.75, 3.05) is 25.5 Å². The van der Waals surface area contributed by atoms with E-state index in [4.69, 9.17) is 4.74 Å². The molecule has 1 aromatic carbocycles. The fourth-order valence-electron chi connectivity index (χ4n) is 3.77. The van der Waals surface area contributed by atoms with Gasteiger partial charge in [0.2, 0.25) is 5.91 Å². The molecule has 7 heteroatoms. The van der Waals surface area contributed by atoms with Crippen molar-refractivity contribution in [3.05, 3.63) is 29.8 Å². The van der Waals surface area contributed by atoms with Crippen LogP contribution in [0.15, 0.2) is 24.3 Å². The number of carbonyl (C=O) groups excluding carboxylic acids is 3. The van der Waals surface area contributed by atoms with Crippen molar-refractivity contribution in [3.63, 3.8) is 0 Å². The molecule has 0 aromatic heterocycles. The van der Waals surface area contributed by atoms with Crippen LogP contribution in [-0.2, 0) is 9.53 Å². The average Bonchev–Trinajstić information content (AvgIpc) is 2.65. The smallest absolute Gasteiger partial charge is 0.410 e. The Morgan fingerprint density at radius 2 is 1.73 bits per heavy atom. The number of anilines is 1. The van der Waals surface area contributed by atoms with Crippen molar-refractivity contribution in [3.8, 4) is 0 Å². The number of hydrogen-bond acceptors (Lipinski definition) is 4. The Bertz CT molecular complexity index is 781. The minimum atomic E-state index is -0.557. The summed E-state index contributed by atoms with van der Waals surface area (Å²) in [6.07, 6.45) is 4.43. The molecular weight excluding hydrogens is 382 g/mol. The van der Waals surface area contributed by atoms with Gasteiger partial charge in [-0.15, -0.1) is 0 Å². The highest BCUT2D eigenvalue weighted by atomic mass is 16.6. The van der Waals surface area contributed by atoms with Crippen LogP contribution in [0.4, 0.5) is 10.5 Å². The van der Waals surface area contributed by atoms with E-state index in [1.54, 1.807) is 29.2 Å². The van der Waals surface area contributed by atoms with Crippen LogP contribution in [0.1, 0.15) is 63.2 Å². The molecule has 1 saturated heterocycles. The number of rotatable bonds is 4. The molecule has 1 saturated carbocycles. The molecule has 0 spiro atoms. The highest BCUT2D eigenvalue weighted by Gasteiger charge is 2.31. The molecule has 1 aromatic rings. The van der Waals surface area contributed by atoms with E-state index in [2.05, 4.69) is 5.32 Å². The van der Waals surface area contributed by atoms with Crippen molar-refractivity contribution in [2.45, 2.75) is 64.5 Å². The lowest BCUT2D eigenvalue weighted by Gasteiger charge is -2.34. The maximum atomic E-state index is 12.7. The average molecular weight is 416 g/mol. The summed E-state index contributed by atoms with van der Waals surface area (Å²) in [6, 6.07) is 7.36. The zero-order chi connectivity index (χ0) is 21.9. The van der Waals surface area contributed by atoms with Crippen LogP contribution in [-0.4, -0.2) is 59.5 Å². The van der Waals surface area contributed by atoms with Crippen molar-refractivity contribution in [2.24, 2.45) is 5.92 Å². The van der Waals surface area contributed by atoms with Gasteiger partial charge >= 0.3 is 6.09 Å². The molecule has 3 amide bonds. The maximum Gasteiger partial charge on any atom is 0.410 e. The second-order valence-corrected chi connectivity index (χ2v) is 9.33. The Kier molecular flexibility index (Phi) is 6.68. The molecule has 0 radical (unpaired) electrons. The first-order valence-corrected chi connectivity index (χ1v) is 10.8. The number of nitrogens with one attached hydrogen (secondary N) is 1. The number of benzene rings is 1. The summed E-state index contributed by atoms with van der Waals surface area (Å²) in [4.78, 5) is 41.0. The summed E-state index contributed by atoms with van der Waals surface area (Å²) in [5.41, 5.74) is 0.714. The van der Waals surface area contributed by atoms with Gasteiger partial charge in [-0.25, -0.2) is 4.79 Å². The van der Waals surface area contributed by atoms with E-state index in [1.165, 1.54) is 6.42 Å². The minimum absolute atomic E-state index is 0.0119. The zero-order valence-corrected chi connectivity index (χ0v) is 18.4. The molecule has 0 bridgehead atoms. The van der Waals surface area contributed by atoms with Gasteiger partial charge < -0.3 is 19.9 Å². The summed E-state index contributed by atoms with van der Waals surface area (Å²) in [5.74, 6) is -0.385. The number of likely N-dealkylation sites (tertiary alicyclic amines) is 1. The molecule has 2 aliphatic rings. The van der Waals surface area contributed by atoms with Crippen LogP contribution in [0.25, 0.3) is 0 Å². The normalized spacial score (nSPS) is 19.6. The largest absolute Gasteiger partial charge is 0.444 e. The Morgan fingerprint density at radius 3 is 2.30 bits per heavy atom. The first-order chi connectivity index (χ1) is 14.1. The van der Waals surface area contributed by atoms with E-state index in [-0.39, 0.29) is 23.8 Å². The first kappa shape index (κ1) is 22.1. The fourth-order valence-corrected chi connectivity index (χ4v) is 3.77. The van der Waals surface area contributed by atoms with Gasteiger partial charge in [-0.2, -0.15) is 0 Å². The van der Waals surface area contributed by atoms with Crippen molar-refractivity contribution in [1.29, 1.82) is 0 Å². The summed E-state index contributed by atoms with van der Waals surface area (Å²) in [6.45, 7) is 6.44. The second kappa shape index (κ2) is 9.06. The SMILES string of the molecule is CN(C(=O)c1ccc(NC(=O)C2CCCN(C(=O)OC(C)(C)C)C2)cc1)C1CCC1. The molecule has 1 heterocycles. The molecule has 7 nitrogen and oxygen atoms in total. The number of carbonyl (C=O) groups is 3. The molecule has 30 heavy (non-hydrogen) atoms. The lowest BCUT2D eigenvalue weighted by molar-refractivity contribution is -0.121. The summed E-state index contributed by atoms with van der Waals surface area (Å²) >= 11 is 0. The third-order valence-electron chi connectivity index (χ3n) is 5.79. The van der Waals surface area contributed by atoms with Gasteiger partial charge in [0.25, 0.3) is 5.91 Å². The summed E-state index contributed by atoms with van der Waals surface area (Å²) < 4.78 is 5.43. The monoisotopic (exact) mass is 415 g/mol. The first-order valence-electron chi connectivity index (χ1n) is 10.8. The highest BCUT2D eigenvalue weighted by Crippen LogP contribution is 2.25. The van der Waals surface area contributed by atoms with E-state index < -0.39 is 5.60 Å². The predicted octanol–water partition coefficient (Wildman–Crippen LogP) is 3.90. The topological polar surface area (TPSA) is 79.0 Å². The van der Waals surface area contributed by atoms with Gasteiger partial charge in [0, 0.05) is 37.4 Å². The van der Waals surface area contributed by atoms with Crippen LogP contribution in [0.2, 0.25) is 0 Å². The molecule has 1 aliphatic carbocycles. The van der Waals surface area contributed by atoms with Crippen molar-refractivity contribution >= 4 is 23.6 Å². The third kappa shape index (κ3) is 5.52. The third-order valence-corrected chi connectivity index (χ3v) is 5.79. The standard InChI is InChI=1S/C23H33N3O4/c1-23(2,3)30-22(29)26-14-6-7-17(15-26)20(27)24-18-12-10-16(11-13-18)21(28)25(4)19-8-5-9-19/h10-13,17,19H,5-9,14-15H2,1-4H3,(H,24,27). The number of hydrogen-bond donors (Lipinski definition) is 1. The van der Waals surface area contributed by atoms with Crippen LogP contribution in [0.5, 0.6) is 0 Å². The number of piperidine rings is 1. The minimum Gasteiger partial charge on any atom is -0.444 e. The van der Waals surface area contributed by atoms with Crippen LogP contribution < -0.4 is 5.32 Å². The van der Waals surface area contributed by atoms with Crippen molar-refractivity contribution < 1.29 is 19.1 Å². The lowest BCUT2D eigenvalue weighted by atomic mass is 9.91. The number of amides is 3. The molecule has 3 rings (SSSR count). The predicted molar refractivity (Wildman–Crippen MR) is 115 cm³/mol. The Morgan fingerprint density at radius 1 is 1.07 bits per heavy atom. The fraction of sp³-hybridized carbons (Fsp3) is 0.609. The van der Waals surface area contributed by atoms with Crippen LogP contribution in [0, 0.1) is 5.92 Å². The Labute approximate surface area is 178 Å². The van der Waals surface area contributed by atoms with E-state index >= 15 is 0 Å². The number of ether oxygens (including phenoxy) is 1. The van der Waals surface area contributed by atoms with Gasteiger partial charge in [0.15, 0.2) is 0 Å². The summed E-state index contributed by atoms with van der Waals surface area (Å²) in [7, 11) is 1.85. The quantitative estimate of drug-likeness (QED) is 0.809. The van der Waals surface area contributed by atoms with Gasteiger partial charge in [0.1, 0.15) is 5.60 Å². The maximum absolute atomic E-state index is 12.7. The van der Waals surface area contributed by atoms with E-state index in [0.29, 0.717) is 30.4 Å². The molecule has 1 aliphatic heterocycles. The Hall–Kier alpha value is -2.57. The van der Waals surface area contributed by atoms with E-state index in [1.807, 2.05) is 32.7 Å². The van der Waals surface area contributed by atoms with Gasteiger partial charge in [0.05, 0.1) is 5.92 Å². The molecule has 1 N–H and O–H groups in total. The molecular formula is C23H33N3O4. The van der Waals surface area contributed by atoms with Crippen LogP contribution >= 0.6 is 0 Å². The van der Waals surface area contributed by atoms with Gasteiger partial charge in [-0.05, 0) is 77.1 Å². The lowest BCUT2D eigenvalue weighted by Crippen LogP contribution is -2.45. The van der Waals surface area contributed by atoms with E-state index in [0.717, 1.165) is 25.7 Å². The summed E-state index contributed by atoms with van der Waals surface area (Å²) in [5, 5.41) is 2.92. The molecule has 2 fully saturated rings. The molecule has 164 valence electrons. The van der Waals surface area contributed by atoms with E-state index in [9.17, 15) is 14.4 Å². The van der Waals surface area contributed by atoms with Crippen LogP contribution in [0.3, 0.4) is 0 Å². The second-order valence-electron chi connectivity index (χ2n) is 9.33. The Balaban J connectivity index is 1.55. The van der Waals surface area contributed by atoms with Gasteiger partial charge in [-0.1, -0.05) is 0 Å². The molecule has 1 atom stereocenters. The number of nitrogens with zero attached hydrogens (tertiary/aromatic N) is 2.